The molecule has 0 radical (unpaired) electrons. The summed E-state index contributed by atoms with van der Waals surface area (Å²) in [5.74, 6) is -1.40. The lowest BCUT2D eigenvalue weighted by Gasteiger charge is -2.26. The molecule has 2 unspecified atom stereocenters. The number of rotatable bonds is 18. The largest absolute Gasteiger partial charge is 0.756 e. The Labute approximate surface area is 328 Å². The topological polar surface area (TPSA) is 353 Å². The summed E-state index contributed by atoms with van der Waals surface area (Å²) in [5, 5.41) is 47.6. The van der Waals surface area contributed by atoms with E-state index in [9.17, 15) is 53.7 Å². The average molecular weight is 855 g/mol. The van der Waals surface area contributed by atoms with Crippen molar-refractivity contribution in [1.29, 1.82) is 0 Å². The highest BCUT2D eigenvalue weighted by atomic mass is 31.3. The number of nitrogens with zero attached hydrogens (tertiary/aromatic N) is 5. The minimum atomic E-state index is -5.69. The molecule has 2 fully saturated rings. The van der Waals surface area contributed by atoms with Crippen molar-refractivity contribution >= 4 is 50.3 Å². The van der Waals surface area contributed by atoms with Crippen LogP contribution in [0, 0.1) is 5.92 Å². The zero-order chi connectivity index (χ0) is 41.8. The fraction of sp³-hybridized carbons (Fsp3) is 0.469. The third-order valence-electron chi connectivity index (χ3n) is 9.17. The maximum Gasteiger partial charge on any atom is 0.478 e. The van der Waals surface area contributed by atoms with Crippen molar-refractivity contribution in [3.05, 3.63) is 67.0 Å². The van der Waals surface area contributed by atoms with Gasteiger partial charge in [-0.3, -0.25) is 28.0 Å². The van der Waals surface area contributed by atoms with Crippen molar-refractivity contribution in [1.82, 2.24) is 24.8 Å². The van der Waals surface area contributed by atoms with Crippen molar-refractivity contribution in [2.45, 2.75) is 68.3 Å². The van der Waals surface area contributed by atoms with Crippen LogP contribution in [-0.4, -0.2) is 119 Å². The maximum absolute atomic E-state index is 12.6. The van der Waals surface area contributed by atoms with E-state index in [1.54, 1.807) is 0 Å². The minimum Gasteiger partial charge on any atom is -0.756 e. The SMILES string of the molecule is NC(=O)c1ccc[n+]([C@@H]2O[C@H](COP(=O)([O-])OP(=O)(O)OC[C@H]3O[C@@H](n4cnc5c(NC(=O)CCC(=O)NCCC6C=CC=C6)ncnc54)[C@H](O)[C@@H]3O)[C@@H](O)[C@H]2O)c1. The van der Waals surface area contributed by atoms with Crippen LogP contribution in [0.4, 0.5) is 5.82 Å². The second-order valence-corrected chi connectivity index (χ2v) is 16.3. The van der Waals surface area contributed by atoms with Crippen molar-refractivity contribution in [2.24, 2.45) is 11.7 Å². The van der Waals surface area contributed by atoms with E-state index in [2.05, 4.69) is 34.4 Å². The third kappa shape index (κ3) is 10.4. The molecule has 314 valence electrons. The fourth-order valence-electron chi connectivity index (χ4n) is 6.20. The quantitative estimate of drug-likeness (QED) is 0.0494. The van der Waals surface area contributed by atoms with Crippen LogP contribution < -0.4 is 25.8 Å². The van der Waals surface area contributed by atoms with Crippen LogP contribution >= 0.6 is 15.6 Å². The number of hydrogen-bond acceptors (Lipinski definition) is 18. The van der Waals surface area contributed by atoms with Crippen LogP contribution in [0.2, 0.25) is 0 Å². The molecule has 0 spiro atoms. The number of phosphoric ester groups is 2. The highest BCUT2D eigenvalue weighted by Gasteiger charge is 2.49. The number of aliphatic hydroxyl groups is 4. The number of nitrogens with two attached hydrogens (primary N) is 1. The first-order valence-corrected chi connectivity index (χ1v) is 20.5. The summed E-state index contributed by atoms with van der Waals surface area (Å²) in [7, 11) is -11.2. The van der Waals surface area contributed by atoms with E-state index in [0.29, 0.717) is 6.54 Å². The number of amides is 3. The van der Waals surface area contributed by atoms with Crippen molar-refractivity contribution in [2.75, 3.05) is 25.1 Å². The molecule has 3 aromatic heterocycles. The summed E-state index contributed by atoms with van der Waals surface area (Å²) in [6.07, 6.45) is 0.643. The molecule has 2 aliphatic heterocycles. The van der Waals surface area contributed by atoms with Crippen LogP contribution in [0.1, 0.15) is 42.1 Å². The van der Waals surface area contributed by atoms with Gasteiger partial charge in [0.25, 0.3) is 20.0 Å². The molecule has 5 heterocycles. The lowest BCUT2D eigenvalue weighted by molar-refractivity contribution is -0.765. The number of anilines is 1. The smallest absolute Gasteiger partial charge is 0.478 e. The van der Waals surface area contributed by atoms with Crippen LogP contribution in [0.15, 0.2) is 61.5 Å². The number of carbonyl (C=O) groups excluding carboxylic acids is 3. The van der Waals surface area contributed by atoms with Gasteiger partial charge in [0.15, 0.2) is 41.7 Å². The Hall–Kier alpha value is -4.39. The Kier molecular flexibility index (Phi) is 13.6. The Morgan fingerprint density at radius 3 is 2.38 bits per heavy atom. The fourth-order valence-corrected chi connectivity index (χ4v) is 8.25. The van der Waals surface area contributed by atoms with E-state index >= 15 is 0 Å². The third-order valence-corrected chi connectivity index (χ3v) is 11.7. The van der Waals surface area contributed by atoms with Gasteiger partial charge in [0, 0.05) is 25.5 Å². The van der Waals surface area contributed by atoms with E-state index in [-0.39, 0.29) is 47.2 Å². The molecule has 9 N–H and O–H groups in total. The van der Waals surface area contributed by atoms with Crippen molar-refractivity contribution in [3.63, 3.8) is 0 Å². The first kappa shape index (κ1) is 43.2. The van der Waals surface area contributed by atoms with E-state index < -0.39 is 89.8 Å². The zero-order valence-corrected chi connectivity index (χ0v) is 31.9. The Balaban J connectivity index is 0.986. The number of pyridine rings is 1. The van der Waals surface area contributed by atoms with Gasteiger partial charge in [-0.05, 0) is 18.4 Å². The van der Waals surface area contributed by atoms with Gasteiger partial charge in [-0.2, -0.15) is 4.57 Å². The number of fused-ring (bicyclic) bond motifs is 1. The predicted octanol–water partition coefficient (Wildman–Crippen LogP) is -2.26. The number of phosphoric acid groups is 2. The van der Waals surface area contributed by atoms with Crippen LogP contribution in [0.5, 0.6) is 0 Å². The average Bonchev–Trinajstić information content (AvgIpc) is 3.97. The first-order valence-electron chi connectivity index (χ1n) is 17.6. The standard InChI is InChI=1S/C32H40N8O16P2/c33-28(47)18-6-3-11-39(12-18)31-26(45)24(43)19(54-31)13-52-57(48,49)56-58(50,51)53-14-20-25(44)27(46)32(55-20)40-16-37-23-29(35-15-36-30(23)40)38-22(42)8-7-21(41)34-10-9-17-4-1-2-5-17/h1-6,11-12,15-17,19-20,24-27,31-32,43-46H,7-10,13-14H2,(H5-,33,34,35,36,38,41,42,47,48,49,50,51)/t19-,20-,24-,25-,26-,27-,31-,32-/m1/s1. The lowest BCUT2D eigenvalue weighted by atomic mass is 10.1. The van der Waals surface area contributed by atoms with Gasteiger partial charge in [0.05, 0.1) is 19.5 Å². The van der Waals surface area contributed by atoms with Gasteiger partial charge in [-0.25, -0.2) is 23.8 Å². The number of aliphatic hydroxyl groups excluding tert-OH is 4. The van der Waals surface area contributed by atoms with Crippen molar-refractivity contribution < 1.29 is 81.1 Å². The highest BCUT2D eigenvalue weighted by molar-refractivity contribution is 7.60. The molecular formula is C32H40N8O16P2. The van der Waals surface area contributed by atoms with Gasteiger partial charge >= 0.3 is 7.82 Å². The Morgan fingerprint density at radius 2 is 1.64 bits per heavy atom. The lowest BCUT2D eigenvalue weighted by Crippen LogP contribution is -2.46. The van der Waals surface area contributed by atoms with E-state index in [4.69, 9.17) is 19.7 Å². The molecule has 3 amide bonds. The number of hydrogen-bond donors (Lipinski definition) is 8. The van der Waals surface area contributed by atoms with Gasteiger partial charge in [-0.15, -0.1) is 0 Å². The second kappa shape index (κ2) is 18.3. The maximum atomic E-state index is 12.6. The molecule has 26 heteroatoms. The number of ether oxygens (including phenoxy) is 2. The second-order valence-electron chi connectivity index (χ2n) is 13.3. The van der Waals surface area contributed by atoms with Gasteiger partial charge in [0.1, 0.15) is 42.4 Å². The summed E-state index contributed by atoms with van der Waals surface area (Å²) in [6, 6.07) is 2.80. The Bertz CT molecular complexity index is 2140. The number of carbonyl (C=O) groups is 3. The van der Waals surface area contributed by atoms with Crippen LogP contribution in [0.3, 0.4) is 0 Å². The number of primary amides is 1. The number of allylic oxidation sites excluding steroid dienone is 4. The zero-order valence-electron chi connectivity index (χ0n) is 30.1. The monoisotopic (exact) mass is 854 g/mol. The molecule has 3 aromatic rings. The summed E-state index contributed by atoms with van der Waals surface area (Å²) >= 11 is 0. The first-order chi connectivity index (χ1) is 27.5. The van der Waals surface area contributed by atoms with E-state index in [1.165, 1.54) is 33.7 Å². The molecular weight excluding hydrogens is 814 g/mol. The van der Waals surface area contributed by atoms with Gasteiger partial charge in [0.2, 0.25) is 11.8 Å². The predicted molar refractivity (Wildman–Crippen MR) is 190 cm³/mol. The summed E-state index contributed by atoms with van der Waals surface area (Å²) in [4.78, 5) is 71.3. The minimum absolute atomic E-state index is 0.0246. The molecule has 0 aromatic carbocycles. The molecule has 10 atom stereocenters. The Morgan fingerprint density at radius 1 is 0.948 bits per heavy atom. The molecule has 1 aliphatic carbocycles. The van der Waals surface area contributed by atoms with Gasteiger partial charge in [-0.1, -0.05) is 24.3 Å². The molecule has 24 nitrogen and oxygen atoms in total. The van der Waals surface area contributed by atoms with E-state index in [1.807, 2.05) is 24.3 Å². The summed E-state index contributed by atoms with van der Waals surface area (Å²) < 4.78 is 52.2. The number of nitrogens with one attached hydrogen (secondary N) is 2. The van der Waals surface area contributed by atoms with Crippen LogP contribution in [-0.2, 0) is 41.6 Å². The molecule has 0 bridgehead atoms. The van der Waals surface area contributed by atoms with E-state index in [0.717, 1.165) is 19.1 Å². The highest BCUT2D eigenvalue weighted by Crippen LogP contribution is 2.58. The normalized spacial score (nSPS) is 27.8. The molecule has 0 saturated carbocycles. The number of imidazole rings is 1. The molecule has 2 saturated heterocycles. The molecule has 58 heavy (non-hydrogen) atoms. The number of aromatic nitrogens is 5. The van der Waals surface area contributed by atoms with Crippen molar-refractivity contribution in [3.8, 4) is 0 Å². The van der Waals surface area contributed by atoms with Crippen LogP contribution in [0.25, 0.3) is 11.2 Å². The summed E-state index contributed by atoms with van der Waals surface area (Å²) in [5.41, 5.74) is 5.39. The molecule has 3 aliphatic rings. The van der Waals surface area contributed by atoms with Gasteiger partial charge < -0.3 is 60.6 Å². The summed E-state index contributed by atoms with van der Waals surface area (Å²) in [6.45, 7) is -1.54. The molecule has 6 rings (SSSR count).